The predicted molar refractivity (Wildman–Crippen MR) is 118 cm³/mol. The van der Waals surface area contributed by atoms with Gasteiger partial charge in [-0.05, 0) is 57.5 Å². The van der Waals surface area contributed by atoms with Crippen molar-refractivity contribution in [2.45, 2.75) is 50.7 Å². The summed E-state index contributed by atoms with van der Waals surface area (Å²) in [4.78, 5) is 28.5. The summed E-state index contributed by atoms with van der Waals surface area (Å²) in [7, 11) is 1.62. The lowest BCUT2D eigenvalue weighted by atomic mass is 10.1. The van der Waals surface area contributed by atoms with Gasteiger partial charge >= 0.3 is 0 Å². The van der Waals surface area contributed by atoms with Crippen LogP contribution in [-0.4, -0.2) is 41.2 Å². The molecule has 2 rings (SSSR count). The van der Waals surface area contributed by atoms with Crippen LogP contribution in [0.25, 0.3) is 0 Å². The van der Waals surface area contributed by atoms with E-state index in [-0.39, 0.29) is 23.1 Å². The van der Waals surface area contributed by atoms with Crippen LogP contribution in [0.3, 0.4) is 0 Å². The largest absolute Gasteiger partial charge is 0.497 e. The molecule has 0 radical (unpaired) electrons. The Bertz CT molecular complexity index is 801. The molecule has 2 aromatic rings. The van der Waals surface area contributed by atoms with Crippen LogP contribution in [0.4, 0.5) is 0 Å². The Morgan fingerprint density at radius 1 is 1.07 bits per heavy atom. The van der Waals surface area contributed by atoms with Crippen LogP contribution in [-0.2, 0) is 16.1 Å². The molecule has 0 spiro atoms. The molecule has 0 aliphatic heterocycles. The van der Waals surface area contributed by atoms with Crippen LogP contribution in [0.15, 0.2) is 59.5 Å². The minimum Gasteiger partial charge on any atom is -0.497 e. The molecule has 0 aliphatic carbocycles. The van der Waals surface area contributed by atoms with E-state index in [9.17, 15) is 9.59 Å². The van der Waals surface area contributed by atoms with Gasteiger partial charge in [-0.2, -0.15) is 0 Å². The van der Waals surface area contributed by atoms with Gasteiger partial charge in [0.1, 0.15) is 11.8 Å². The van der Waals surface area contributed by atoms with E-state index in [4.69, 9.17) is 4.74 Å². The van der Waals surface area contributed by atoms with E-state index in [1.165, 1.54) is 11.8 Å². The number of amides is 2. The summed E-state index contributed by atoms with van der Waals surface area (Å²) in [5.74, 6) is 0.785. The number of hydrogen-bond acceptors (Lipinski definition) is 4. The quantitative estimate of drug-likeness (QED) is 0.660. The smallest absolute Gasteiger partial charge is 0.242 e. The van der Waals surface area contributed by atoms with Crippen LogP contribution < -0.4 is 10.1 Å². The Morgan fingerprint density at radius 2 is 1.69 bits per heavy atom. The molecular weight excluding hydrogens is 384 g/mol. The topological polar surface area (TPSA) is 58.6 Å². The first-order valence-corrected chi connectivity index (χ1v) is 10.6. The molecule has 29 heavy (non-hydrogen) atoms. The third-order valence-electron chi connectivity index (χ3n) is 4.28. The highest BCUT2D eigenvalue weighted by Crippen LogP contribution is 2.20. The summed E-state index contributed by atoms with van der Waals surface area (Å²) in [6, 6.07) is 16.7. The lowest BCUT2D eigenvalue weighted by Gasteiger charge is -2.31. The molecule has 0 aliphatic rings. The van der Waals surface area contributed by atoms with Crippen molar-refractivity contribution in [1.29, 1.82) is 0 Å². The summed E-state index contributed by atoms with van der Waals surface area (Å²) in [6.45, 7) is 7.92. The lowest BCUT2D eigenvalue weighted by molar-refractivity contribution is -0.139. The highest BCUT2D eigenvalue weighted by atomic mass is 32.2. The molecule has 0 saturated heterocycles. The first kappa shape index (κ1) is 22.8. The SMILES string of the molecule is COc1ccc(CN(C(=O)CSc2ccccc2)[C@H](C)C(=O)NC(C)(C)C)cc1. The van der Waals surface area contributed by atoms with Crippen molar-refractivity contribution in [2.24, 2.45) is 0 Å². The van der Waals surface area contributed by atoms with E-state index in [1.54, 1.807) is 18.9 Å². The van der Waals surface area contributed by atoms with E-state index >= 15 is 0 Å². The average molecular weight is 415 g/mol. The summed E-state index contributed by atoms with van der Waals surface area (Å²) in [5.41, 5.74) is 0.582. The van der Waals surface area contributed by atoms with Crippen molar-refractivity contribution < 1.29 is 14.3 Å². The zero-order valence-corrected chi connectivity index (χ0v) is 18.6. The normalized spacial score (nSPS) is 12.2. The Hall–Kier alpha value is -2.47. The van der Waals surface area contributed by atoms with Gasteiger partial charge in [0.15, 0.2) is 0 Å². The number of rotatable bonds is 8. The first-order chi connectivity index (χ1) is 13.7. The maximum absolute atomic E-state index is 13.1. The van der Waals surface area contributed by atoms with Crippen LogP contribution in [0.2, 0.25) is 0 Å². The third-order valence-corrected chi connectivity index (χ3v) is 5.28. The molecule has 2 amide bonds. The Morgan fingerprint density at radius 3 is 2.24 bits per heavy atom. The van der Waals surface area contributed by atoms with Crippen molar-refractivity contribution in [2.75, 3.05) is 12.9 Å². The second kappa shape index (κ2) is 10.3. The van der Waals surface area contributed by atoms with Crippen molar-refractivity contribution in [3.63, 3.8) is 0 Å². The third kappa shape index (κ3) is 7.46. The highest BCUT2D eigenvalue weighted by Gasteiger charge is 2.28. The van der Waals surface area contributed by atoms with Crippen molar-refractivity contribution in [1.82, 2.24) is 10.2 Å². The van der Waals surface area contributed by atoms with Crippen LogP contribution >= 0.6 is 11.8 Å². The van der Waals surface area contributed by atoms with Gasteiger partial charge in [0.05, 0.1) is 12.9 Å². The molecular formula is C23H30N2O3S. The number of hydrogen-bond donors (Lipinski definition) is 1. The van der Waals surface area contributed by atoms with Gasteiger partial charge in [0.25, 0.3) is 0 Å². The fourth-order valence-electron chi connectivity index (χ4n) is 2.73. The predicted octanol–water partition coefficient (Wildman–Crippen LogP) is 4.12. The van der Waals surface area contributed by atoms with Gasteiger partial charge < -0.3 is 15.0 Å². The molecule has 0 bridgehead atoms. The molecule has 1 atom stereocenters. The minimum atomic E-state index is -0.583. The number of methoxy groups -OCH3 is 1. The van der Waals surface area contributed by atoms with Crippen LogP contribution in [0.5, 0.6) is 5.75 Å². The van der Waals surface area contributed by atoms with Gasteiger partial charge in [-0.3, -0.25) is 9.59 Å². The zero-order chi connectivity index (χ0) is 21.4. The first-order valence-electron chi connectivity index (χ1n) is 9.62. The molecule has 0 unspecified atom stereocenters. The molecule has 0 aromatic heterocycles. The maximum Gasteiger partial charge on any atom is 0.242 e. The molecule has 0 heterocycles. The number of carbonyl (C=O) groups is 2. The van der Waals surface area contributed by atoms with Crippen molar-refractivity contribution in [3.8, 4) is 5.75 Å². The van der Waals surface area contributed by atoms with Crippen molar-refractivity contribution in [3.05, 3.63) is 60.2 Å². The summed E-state index contributed by atoms with van der Waals surface area (Å²) >= 11 is 1.47. The number of benzene rings is 2. The highest BCUT2D eigenvalue weighted by molar-refractivity contribution is 8.00. The number of ether oxygens (including phenoxy) is 1. The molecule has 0 fully saturated rings. The number of thioether (sulfide) groups is 1. The molecule has 2 aromatic carbocycles. The molecule has 5 nitrogen and oxygen atoms in total. The number of carbonyl (C=O) groups excluding carboxylic acids is 2. The van der Waals surface area contributed by atoms with Gasteiger partial charge in [-0.1, -0.05) is 30.3 Å². The Kier molecular flexibility index (Phi) is 8.14. The average Bonchev–Trinajstić information content (AvgIpc) is 2.69. The van der Waals surface area contributed by atoms with Crippen LogP contribution in [0, 0.1) is 0 Å². The molecule has 0 saturated carbocycles. The maximum atomic E-state index is 13.1. The number of nitrogens with one attached hydrogen (secondary N) is 1. The summed E-state index contributed by atoms with van der Waals surface area (Å²) in [5, 5.41) is 2.97. The molecule has 156 valence electrons. The monoisotopic (exact) mass is 414 g/mol. The van der Waals surface area contributed by atoms with Gasteiger partial charge in [-0.15, -0.1) is 11.8 Å². The zero-order valence-electron chi connectivity index (χ0n) is 17.8. The fraction of sp³-hybridized carbons (Fsp3) is 0.391. The van der Waals surface area contributed by atoms with E-state index in [1.807, 2.05) is 75.4 Å². The molecule has 6 heteroatoms. The Balaban J connectivity index is 2.16. The minimum absolute atomic E-state index is 0.0776. The van der Waals surface area contributed by atoms with Gasteiger partial charge in [0, 0.05) is 17.0 Å². The second-order valence-electron chi connectivity index (χ2n) is 7.89. The Labute approximate surface area is 177 Å². The van der Waals surface area contributed by atoms with Gasteiger partial charge in [-0.25, -0.2) is 0 Å². The summed E-state index contributed by atoms with van der Waals surface area (Å²) < 4.78 is 5.20. The second-order valence-corrected chi connectivity index (χ2v) is 8.94. The molecule has 1 N–H and O–H groups in total. The van der Waals surface area contributed by atoms with Crippen LogP contribution in [0.1, 0.15) is 33.3 Å². The fourth-order valence-corrected chi connectivity index (χ4v) is 3.53. The standard InChI is InChI=1S/C23H30N2O3S/c1-17(22(27)24-23(2,3)4)25(15-18-11-13-19(28-5)14-12-18)21(26)16-29-20-9-7-6-8-10-20/h6-14,17H,15-16H2,1-5H3,(H,24,27)/t17-/m1/s1. The van der Waals surface area contributed by atoms with E-state index < -0.39 is 6.04 Å². The summed E-state index contributed by atoms with van der Waals surface area (Å²) in [6.07, 6.45) is 0. The van der Waals surface area contributed by atoms with E-state index in [0.29, 0.717) is 6.54 Å². The van der Waals surface area contributed by atoms with E-state index in [2.05, 4.69) is 5.32 Å². The van der Waals surface area contributed by atoms with Crippen molar-refractivity contribution >= 4 is 23.6 Å². The van der Waals surface area contributed by atoms with E-state index in [0.717, 1.165) is 16.2 Å². The lowest BCUT2D eigenvalue weighted by Crippen LogP contribution is -2.52. The number of nitrogens with zero attached hydrogens (tertiary/aromatic N) is 1. The van der Waals surface area contributed by atoms with Gasteiger partial charge in [0.2, 0.25) is 11.8 Å².